The molecule has 1 aliphatic rings. The van der Waals surface area contributed by atoms with Crippen LogP contribution in [0.15, 0.2) is 76.2 Å². The van der Waals surface area contributed by atoms with Crippen LogP contribution >= 0.6 is 0 Å². The summed E-state index contributed by atoms with van der Waals surface area (Å²) in [4.78, 5) is 15.7. The van der Waals surface area contributed by atoms with Crippen LogP contribution in [0.1, 0.15) is 18.2 Å². The summed E-state index contributed by atoms with van der Waals surface area (Å²) >= 11 is 0. The van der Waals surface area contributed by atoms with Gasteiger partial charge >= 0.3 is 0 Å². The predicted molar refractivity (Wildman–Crippen MR) is 123 cm³/mol. The zero-order valence-corrected chi connectivity index (χ0v) is 18.8. The van der Waals surface area contributed by atoms with Crippen molar-refractivity contribution in [2.45, 2.75) is 24.8 Å². The van der Waals surface area contributed by atoms with Crippen LogP contribution in [0.4, 0.5) is 5.69 Å². The van der Waals surface area contributed by atoms with Crippen molar-refractivity contribution in [1.82, 2.24) is 4.31 Å². The minimum Gasteiger partial charge on any atom is -0.494 e. The molecule has 4 rings (SSSR count). The van der Waals surface area contributed by atoms with Crippen LogP contribution in [-0.2, 0) is 27.9 Å². The summed E-state index contributed by atoms with van der Waals surface area (Å²) in [6, 6.07) is 18.8. The van der Waals surface area contributed by atoms with Crippen LogP contribution in [-0.4, -0.2) is 40.4 Å². The molecule has 0 N–H and O–H groups in total. The molecule has 0 saturated carbocycles. The summed E-state index contributed by atoms with van der Waals surface area (Å²) in [6.45, 7) is 3.46. The summed E-state index contributed by atoms with van der Waals surface area (Å²) in [7, 11) is -3.04. The van der Waals surface area contributed by atoms with E-state index in [0.717, 1.165) is 17.9 Å². The lowest BCUT2D eigenvalue weighted by molar-refractivity contribution is -0.118. The fourth-order valence-electron chi connectivity index (χ4n) is 3.90. The minimum absolute atomic E-state index is 0.0377. The predicted octanol–water partition coefficient (Wildman–Crippen LogP) is 3.69. The Balaban J connectivity index is 1.59. The summed E-state index contributed by atoms with van der Waals surface area (Å²) in [5.74, 6) is 1.33. The molecule has 0 bridgehead atoms. The second kappa shape index (κ2) is 9.08. The molecule has 0 saturated heterocycles. The topological polar surface area (TPSA) is 63.0 Å². The van der Waals surface area contributed by atoms with E-state index in [4.69, 9.17) is 9.15 Å². The van der Waals surface area contributed by atoms with E-state index in [1.54, 1.807) is 27.8 Å². The highest BCUT2D eigenvalue weighted by atomic mass is 32.3. The summed E-state index contributed by atoms with van der Waals surface area (Å²) in [6.07, 6.45) is 4.13. The Morgan fingerprint density at radius 3 is 2.61 bits per heavy atom. The quantitative estimate of drug-likeness (QED) is 0.543. The first-order chi connectivity index (χ1) is 15.0. The molecule has 0 fully saturated rings. The number of hydrogen-bond acceptors (Lipinski definition) is 4. The van der Waals surface area contributed by atoms with Crippen molar-refractivity contribution in [3.8, 4) is 5.75 Å². The maximum absolute atomic E-state index is 14.0. The van der Waals surface area contributed by atoms with Crippen molar-refractivity contribution in [3.05, 3.63) is 78.3 Å². The number of carbonyl (C=O) groups excluding carboxylic acids is 1. The Bertz CT molecular complexity index is 1080. The number of amides is 1. The fraction of sp³-hybridized carbons (Fsp3) is 0.292. The number of nitrogens with zero attached hydrogens (tertiary/aromatic N) is 2. The number of furan rings is 1. The molecule has 7 heteroatoms. The van der Waals surface area contributed by atoms with E-state index >= 15 is 0 Å². The molecule has 0 atom stereocenters. The molecule has 2 aromatic carbocycles. The molecule has 6 nitrogen and oxygen atoms in total. The van der Waals surface area contributed by atoms with Gasteiger partial charge in [0.15, 0.2) is 0 Å². The zero-order chi connectivity index (χ0) is 21.8. The van der Waals surface area contributed by atoms with Gasteiger partial charge in [-0.1, -0.05) is 18.2 Å². The highest BCUT2D eigenvalue weighted by Gasteiger charge is 2.30. The van der Waals surface area contributed by atoms with Gasteiger partial charge < -0.3 is 14.1 Å². The maximum atomic E-state index is 14.0. The number of hydrogen-bond donors (Lipinski definition) is 1. The molecule has 1 amide bonds. The molecule has 1 aliphatic heterocycles. The van der Waals surface area contributed by atoms with Gasteiger partial charge in [0.1, 0.15) is 11.5 Å². The van der Waals surface area contributed by atoms with Crippen molar-refractivity contribution in [2.24, 2.45) is 0 Å². The molecule has 0 spiro atoms. The van der Waals surface area contributed by atoms with Crippen LogP contribution in [0.5, 0.6) is 5.75 Å². The van der Waals surface area contributed by atoms with E-state index in [2.05, 4.69) is 0 Å². The Morgan fingerprint density at radius 2 is 1.90 bits per heavy atom. The number of fused-ring (bicyclic) bond motifs is 1. The van der Waals surface area contributed by atoms with Crippen LogP contribution < -0.4 is 9.64 Å². The van der Waals surface area contributed by atoms with Gasteiger partial charge in [0, 0.05) is 23.4 Å². The second-order valence-electron chi connectivity index (χ2n) is 7.63. The van der Waals surface area contributed by atoms with Gasteiger partial charge in [-0.2, -0.15) is 0 Å². The SMILES string of the molecule is CCOc1ccc([SH](C)(=O)N(CC(=O)N2CCc3ccccc32)Cc2ccco2)cc1. The van der Waals surface area contributed by atoms with E-state index in [1.807, 2.05) is 61.5 Å². The van der Waals surface area contributed by atoms with Crippen molar-refractivity contribution >= 4 is 21.7 Å². The number of para-hydroxylation sites is 1. The fourth-order valence-corrected chi connectivity index (χ4v) is 5.72. The lowest BCUT2D eigenvalue weighted by Crippen LogP contribution is -2.44. The maximum Gasteiger partial charge on any atom is 0.242 e. The highest BCUT2D eigenvalue weighted by molar-refractivity contribution is 8.00. The summed E-state index contributed by atoms with van der Waals surface area (Å²) < 4.78 is 26.7. The standard InChI is InChI=1S/C24H28N2O4S/c1-3-29-20-10-12-22(13-11-20)31(2,28)25(17-21-8-6-16-30-21)18-24(27)26-15-14-19-7-4-5-9-23(19)26/h4-13,16,31H,3,14-15,17-18H2,1-2H3. The first-order valence-electron chi connectivity index (χ1n) is 10.5. The minimum atomic E-state index is -3.04. The van der Waals surface area contributed by atoms with Crippen LogP contribution in [0, 0.1) is 0 Å². The third-order valence-corrected chi connectivity index (χ3v) is 8.21. The molecule has 0 aliphatic carbocycles. The second-order valence-corrected chi connectivity index (χ2v) is 10.5. The Kier molecular flexibility index (Phi) is 6.25. The Labute approximate surface area is 184 Å². The van der Waals surface area contributed by atoms with E-state index in [0.29, 0.717) is 23.8 Å². The first kappa shape index (κ1) is 21.3. The summed E-state index contributed by atoms with van der Waals surface area (Å²) in [5, 5.41) is 0. The Morgan fingerprint density at radius 1 is 1.13 bits per heavy atom. The molecule has 3 aromatic rings. The number of carbonyl (C=O) groups is 1. The lowest BCUT2D eigenvalue weighted by Gasteiger charge is -2.34. The largest absolute Gasteiger partial charge is 0.494 e. The van der Waals surface area contributed by atoms with Gasteiger partial charge in [-0.05, 0) is 71.5 Å². The molecular formula is C24H28N2O4S. The monoisotopic (exact) mass is 440 g/mol. The van der Waals surface area contributed by atoms with Gasteiger partial charge in [0.05, 0.1) is 26.0 Å². The van der Waals surface area contributed by atoms with Crippen molar-refractivity contribution in [1.29, 1.82) is 0 Å². The van der Waals surface area contributed by atoms with E-state index in [-0.39, 0.29) is 19.0 Å². The zero-order valence-electron chi connectivity index (χ0n) is 17.9. The van der Waals surface area contributed by atoms with Gasteiger partial charge in [0.2, 0.25) is 5.91 Å². The van der Waals surface area contributed by atoms with Crippen LogP contribution in [0.25, 0.3) is 0 Å². The first-order valence-corrected chi connectivity index (χ1v) is 12.6. The lowest BCUT2D eigenvalue weighted by atomic mass is 10.2. The van der Waals surface area contributed by atoms with Gasteiger partial charge in [-0.3, -0.25) is 9.00 Å². The van der Waals surface area contributed by atoms with Crippen LogP contribution in [0.2, 0.25) is 0 Å². The molecule has 1 aromatic heterocycles. The molecular weight excluding hydrogens is 412 g/mol. The van der Waals surface area contributed by atoms with Gasteiger partial charge in [-0.25, -0.2) is 4.31 Å². The molecule has 2 heterocycles. The number of benzene rings is 2. The Hall–Kier alpha value is -2.90. The van der Waals surface area contributed by atoms with Crippen molar-refractivity contribution in [3.63, 3.8) is 0 Å². The third-order valence-electron chi connectivity index (χ3n) is 5.59. The van der Waals surface area contributed by atoms with Crippen LogP contribution in [0.3, 0.4) is 0 Å². The average Bonchev–Trinajstić information content (AvgIpc) is 3.43. The smallest absolute Gasteiger partial charge is 0.242 e. The van der Waals surface area contributed by atoms with Gasteiger partial charge in [-0.15, -0.1) is 0 Å². The molecule has 31 heavy (non-hydrogen) atoms. The number of rotatable bonds is 8. The number of ether oxygens (including phenoxy) is 1. The number of thiol groups is 1. The van der Waals surface area contributed by atoms with Crippen molar-refractivity contribution in [2.75, 3.05) is 30.9 Å². The summed E-state index contributed by atoms with van der Waals surface area (Å²) in [5.41, 5.74) is 2.11. The van der Waals surface area contributed by atoms with E-state index < -0.39 is 10.1 Å². The molecule has 164 valence electrons. The average molecular weight is 441 g/mol. The highest BCUT2D eigenvalue weighted by Crippen LogP contribution is 2.30. The van der Waals surface area contributed by atoms with Gasteiger partial charge in [0.25, 0.3) is 0 Å². The van der Waals surface area contributed by atoms with Crippen molar-refractivity contribution < 1.29 is 18.2 Å². The normalized spacial score (nSPS) is 14.0. The molecule has 0 radical (unpaired) electrons. The van der Waals surface area contributed by atoms with E-state index in [1.165, 1.54) is 5.56 Å². The molecule has 0 unspecified atom stereocenters. The third kappa shape index (κ3) is 4.57. The van der Waals surface area contributed by atoms with E-state index in [9.17, 15) is 9.00 Å². The number of anilines is 1.